The van der Waals surface area contributed by atoms with Crippen molar-refractivity contribution >= 4 is 17.0 Å². The van der Waals surface area contributed by atoms with Crippen LogP contribution in [0.5, 0.6) is 0 Å². The smallest absolute Gasteiger partial charge is 0.193 e. The third-order valence-electron chi connectivity index (χ3n) is 4.69. The van der Waals surface area contributed by atoms with E-state index in [0.29, 0.717) is 0 Å². The first-order chi connectivity index (χ1) is 11.7. The summed E-state index contributed by atoms with van der Waals surface area (Å²) in [7, 11) is 1.88. The molecule has 2 N–H and O–H groups in total. The number of aromatic nitrogens is 2. The SMILES string of the molecule is CN=C(NCCCc1nc2ccccc2[nH]1)N1CC(C)CC(C)C1. The van der Waals surface area contributed by atoms with Gasteiger partial charge in [0.05, 0.1) is 11.0 Å². The number of aliphatic imine (C=N–C) groups is 1. The number of fused-ring (bicyclic) bond motifs is 1. The predicted molar refractivity (Wildman–Crippen MR) is 100 cm³/mol. The standard InChI is InChI=1S/C19H29N5/c1-14-11-15(2)13-24(12-14)19(20-3)21-10-6-9-18-22-16-7-4-5-8-17(16)23-18/h4-5,7-8,14-15H,6,9-13H2,1-3H3,(H,20,21)(H,22,23). The fraction of sp³-hybridized carbons (Fsp3) is 0.579. The summed E-state index contributed by atoms with van der Waals surface area (Å²) < 4.78 is 0. The van der Waals surface area contributed by atoms with E-state index in [0.717, 1.165) is 67.1 Å². The maximum atomic E-state index is 4.64. The van der Waals surface area contributed by atoms with Crippen molar-refractivity contribution in [3.05, 3.63) is 30.1 Å². The highest BCUT2D eigenvalue weighted by atomic mass is 15.3. The summed E-state index contributed by atoms with van der Waals surface area (Å²) >= 11 is 0. The average Bonchev–Trinajstić information content (AvgIpc) is 2.96. The lowest BCUT2D eigenvalue weighted by molar-refractivity contribution is 0.208. The number of imidazole rings is 1. The van der Waals surface area contributed by atoms with E-state index in [1.807, 2.05) is 25.2 Å². The zero-order chi connectivity index (χ0) is 16.9. The Morgan fingerprint density at radius 1 is 1.29 bits per heavy atom. The van der Waals surface area contributed by atoms with Crippen LogP contribution >= 0.6 is 0 Å². The molecule has 1 aromatic carbocycles. The van der Waals surface area contributed by atoms with Crippen LogP contribution in [0, 0.1) is 11.8 Å². The van der Waals surface area contributed by atoms with Gasteiger partial charge in [0.15, 0.2) is 5.96 Å². The van der Waals surface area contributed by atoms with E-state index in [2.05, 4.69) is 45.1 Å². The van der Waals surface area contributed by atoms with Crippen molar-refractivity contribution in [1.29, 1.82) is 0 Å². The highest BCUT2D eigenvalue weighted by Crippen LogP contribution is 2.20. The van der Waals surface area contributed by atoms with Gasteiger partial charge in [-0.15, -0.1) is 0 Å². The molecule has 0 aliphatic carbocycles. The summed E-state index contributed by atoms with van der Waals surface area (Å²) in [6, 6.07) is 8.19. The van der Waals surface area contributed by atoms with Crippen molar-refractivity contribution in [2.24, 2.45) is 16.8 Å². The van der Waals surface area contributed by atoms with Crippen molar-refractivity contribution in [2.45, 2.75) is 33.1 Å². The van der Waals surface area contributed by atoms with Gasteiger partial charge in [-0.2, -0.15) is 0 Å². The number of nitrogens with zero attached hydrogens (tertiary/aromatic N) is 3. The van der Waals surface area contributed by atoms with Crippen LogP contribution in [0.2, 0.25) is 0 Å². The Morgan fingerprint density at radius 3 is 2.75 bits per heavy atom. The van der Waals surface area contributed by atoms with Crippen molar-refractivity contribution in [3.8, 4) is 0 Å². The number of guanidine groups is 1. The molecule has 0 radical (unpaired) electrons. The van der Waals surface area contributed by atoms with Gasteiger partial charge in [-0.1, -0.05) is 26.0 Å². The normalized spacial score (nSPS) is 22.1. The zero-order valence-corrected chi connectivity index (χ0v) is 15.0. The van der Waals surface area contributed by atoms with Gasteiger partial charge >= 0.3 is 0 Å². The van der Waals surface area contributed by atoms with Crippen LogP contribution in [0.1, 0.15) is 32.5 Å². The van der Waals surface area contributed by atoms with E-state index in [4.69, 9.17) is 0 Å². The molecule has 1 aliphatic rings. The number of hydrogen-bond acceptors (Lipinski definition) is 2. The first-order valence-corrected chi connectivity index (χ1v) is 9.05. The summed E-state index contributed by atoms with van der Waals surface area (Å²) in [6.07, 6.45) is 3.31. The molecule has 1 saturated heterocycles. The Morgan fingerprint density at radius 2 is 2.04 bits per heavy atom. The largest absolute Gasteiger partial charge is 0.356 e. The van der Waals surface area contributed by atoms with Crippen LogP contribution < -0.4 is 5.32 Å². The maximum absolute atomic E-state index is 4.64. The van der Waals surface area contributed by atoms with E-state index in [1.54, 1.807) is 0 Å². The molecule has 1 fully saturated rings. The van der Waals surface area contributed by atoms with Crippen LogP contribution in [0.4, 0.5) is 0 Å². The molecule has 2 unspecified atom stereocenters. The molecule has 2 atom stereocenters. The molecule has 5 heteroatoms. The Kier molecular flexibility index (Phi) is 5.38. The quantitative estimate of drug-likeness (QED) is 0.515. The van der Waals surface area contributed by atoms with Gasteiger partial charge in [0, 0.05) is 33.1 Å². The molecule has 0 amide bonds. The third-order valence-corrected chi connectivity index (χ3v) is 4.69. The third kappa shape index (κ3) is 4.08. The first kappa shape index (κ1) is 16.8. The van der Waals surface area contributed by atoms with Crippen molar-refractivity contribution < 1.29 is 0 Å². The fourth-order valence-corrected chi connectivity index (χ4v) is 3.75. The Hall–Kier alpha value is -2.04. The number of nitrogens with one attached hydrogen (secondary N) is 2. The second-order valence-corrected chi connectivity index (χ2v) is 7.13. The maximum Gasteiger partial charge on any atom is 0.193 e. The lowest BCUT2D eigenvalue weighted by Gasteiger charge is -2.37. The molecular formula is C19H29N5. The minimum absolute atomic E-state index is 0.739. The Labute approximate surface area is 144 Å². The monoisotopic (exact) mass is 327 g/mol. The minimum Gasteiger partial charge on any atom is -0.356 e. The molecule has 130 valence electrons. The Bertz CT molecular complexity index is 647. The number of aryl methyl sites for hydroxylation is 1. The van der Waals surface area contributed by atoms with Crippen LogP contribution in [-0.4, -0.2) is 47.5 Å². The van der Waals surface area contributed by atoms with E-state index in [9.17, 15) is 0 Å². The average molecular weight is 327 g/mol. The summed E-state index contributed by atoms with van der Waals surface area (Å²) in [6.45, 7) is 7.79. The van der Waals surface area contributed by atoms with Gasteiger partial charge in [0.25, 0.3) is 0 Å². The number of likely N-dealkylation sites (tertiary alicyclic amines) is 1. The number of piperidine rings is 1. The molecule has 3 rings (SSSR count). The van der Waals surface area contributed by atoms with E-state index >= 15 is 0 Å². The molecule has 2 heterocycles. The second kappa shape index (κ2) is 7.69. The predicted octanol–water partition coefficient (Wildman–Crippen LogP) is 3.05. The van der Waals surface area contributed by atoms with Crippen LogP contribution in [0.3, 0.4) is 0 Å². The molecule has 5 nitrogen and oxygen atoms in total. The fourth-order valence-electron chi connectivity index (χ4n) is 3.75. The molecule has 1 aromatic heterocycles. The van der Waals surface area contributed by atoms with Gasteiger partial charge in [-0.3, -0.25) is 4.99 Å². The van der Waals surface area contributed by atoms with E-state index in [1.165, 1.54) is 6.42 Å². The van der Waals surface area contributed by atoms with Gasteiger partial charge in [0.2, 0.25) is 0 Å². The number of hydrogen-bond donors (Lipinski definition) is 2. The molecule has 1 aliphatic heterocycles. The molecule has 0 bridgehead atoms. The molecule has 0 saturated carbocycles. The number of benzene rings is 1. The van der Waals surface area contributed by atoms with Gasteiger partial charge in [0.1, 0.15) is 5.82 Å². The van der Waals surface area contributed by atoms with Gasteiger partial charge in [-0.05, 0) is 36.8 Å². The number of aromatic amines is 1. The first-order valence-electron chi connectivity index (χ1n) is 9.05. The molecule has 2 aromatic rings. The van der Waals surface area contributed by atoms with Crippen molar-refractivity contribution in [2.75, 3.05) is 26.7 Å². The second-order valence-electron chi connectivity index (χ2n) is 7.13. The lowest BCUT2D eigenvalue weighted by Crippen LogP contribution is -2.48. The van der Waals surface area contributed by atoms with Gasteiger partial charge < -0.3 is 15.2 Å². The summed E-state index contributed by atoms with van der Waals surface area (Å²) in [5.74, 6) is 3.58. The van der Waals surface area contributed by atoms with Gasteiger partial charge in [-0.25, -0.2) is 4.98 Å². The summed E-state index contributed by atoms with van der Waals surface area (Å²) in [5, 5.41) is 3.52. The highest BCUT2D eigenvalue weighted by Gasteiger charge is 2.23. The van der Waals surface area contributed by atoms with E-state index in [-0.39, 0.29) is 0 Å². The number of H-pyrrole nitrogens is 1. The molecule has 0 spiro atoms. The number of rotatable bonds is 4. The summed E-state index contributed by atoms with van der Waals surface area (Å²) in [4.78, 5) is 14.9. The lowest BCUT2D eigenvalue weighted by atomic mass is 9.92. The number of para-hydroxylation sites is 2. The van der Waals surface area contributed by atoms with Crippen molar-refractivity contribution in [3.63, 3.8) is 0 Å². The van der Waals surface area contributed by atoms with Crippen molar-refractivity contribution in [1.82, 2.24) is 20.2 Å². The minimum atomic E-state index is 0.739. The van der Waals surface area contributed by atoms with Crippen LogP contribution in [-0.2, 0) is 6.42 Å². The Balaban J connectivity index is 1.48. The topological polar surface area (TPSA) is 56.3 Å². The van der Waals surface area contributed by atoms with E-state index < -0.39 is 0 Å². The zero-order valence-electron chi connectivity index (χ0n) is 15.0. The van der Waals surface area contributed by atoms with Crippen LogP contribution in [0.15, 0.2) is 29.3 Å². The molecule has 24 heavy (non-hydrogen) atoms. The molecular weight excluding hydrogens is 298 g/mol. The highest BCUT2D eigenvalue weighted by molar-refractivity contribution is 5.80. The summed E-state index contributed by atoms with van der Waals surface area (Å²) in [5.41, 5.74) is 2.17. The van der Waals surface area contributed by atoms with Crippen LogP contribution in [0.25, 0.3) is 11.0 Å².